The molecule has 5 rings (SSSR count). The van der Waals surface area contributed by atoms with Crippen molar-refractivity contribution in [1.29, 1.82) is 0 Å². The Morgan fingerprint density at radius 1 is 0.943 bits per heavy atom. The number of aryl methyl sites for hydroxylation is 1. The first-order valence-electron chi connectivity index (χ1n) is 11.8. The van der Waals surface area contributed by atoms with Gasteiger partial charge in [0, 0.05) is 28.9 Å². The van der Waals surface area contributed by atoms with E-state index in [1.807, 2.05) is 37.3 Å². The molecule has 0 bridgehead atoms. The van der Waals surface area contributed by atoms with E-state index in [0.717, 1.165) is 48.0 Å². The second-order valence-corrected chi connectivity index (χ2v) is 8.78. The number of anilines is 1. The zero-order valence-corrected chi connectivity index (χ0v) is 19.4. The number of urea groups is 1. The number of rotatable bonds is 5. The van der Waals surface area contributed by atoms with E-state index in [9.17, 15) is 9.59 Å². The Morgan fingerprint density at radius 3 is 2.49 bits per heavy atom. The number of hydrogen-bond acceptors (Lipinski definition) is 5. The predicted molar refractivity (Wildman–Crippen MR) is 134 cm³/mol. The van der Waals surface area contributed by atoms with Crippen molar-refractivity contribution in [1.82, 2.24) is 30.4 Å². The number of nitrogens with one attached hydrogen (secondary N) is 3. The second-order valence-electron chi connectivity index (χ2n) is 8.78. The summed E-state index contributed by atoms with van der Waals surface area (Å²) in [6, 6.07) is 14.1. The molecule has 0 radical (unpaired) electrons. The third kappa shape index (κ3) is 5.13. The maximum Gasteiger partial charge on any atom is 0.320 e. The van der Waals surface area contributed by atoms with E-state index in [-0.39, 0.29) is 24.0 Å². The van der Waals surface area contributed by atoms with Crippen LogP contribution in [0.5, 0.6) is 0 Å². The second kappa shape index (κ2) is 9.92. The van der Waals surface area contributed by atoms with Crippen molar-refractivity contribution in [3.05, 3.63) is 78.4 Å². The largest absolute Gasteiger partial charge is 0.347 e. The van der Waals surface area contributed by atoms with Gasteiger partial charge in [-0.3, -0.25) is 15.1 Å². The first-order chi connectivity index (χ1) is 17.1. The number of fused-ring (bicyclic) bond motifs is 1. The standard InChI is InChI=1S/C26H27N7O2/c1-17-13-20(11-12-27-17)33-23-16-28-24(14-19(23)15-29-33)32-26(35)31-22-10-6-5-9-21(22)30-25(34)18-7-3-2-4-8-18/h2-4,7-8,11-16,21-22H,5-6,9-10H2,1H3,(H,30,34)(H2,28,31,32,35)/t21-,22-/m0/s1. The average molecular weight is 470 g/mol. The zero-order chi connectivity index (χ0) is 24.2. The van der Waals surface area contributed by atoms with Crippen LogP contribution in [-0.4, -0.2) is 43.8 Å². The lowest BCUT2D eigenvalue weighted by Gasteiger charge is -2.32. The monoisotopic (exact) mass is 469 g/mol. The lowest BCUT2D eigenvalue weighted by molar-refractivity contribution is 0.0916. The van der Waals surface area contributed by atoms with E-state index in [0.29, 0.717) is 11.4 Å². The quantitative estimate of drug-likeness (QED) is 0.409. The van der Waals surface area contributed by atoms with Crippen LogP contribution in [0.1, 0.15) is 41.7 Å². The fourth-order valence-corrected chi connectivity index (χ4v) is 4.50. The van der Waals surface area contributed by atoms with E-state index < -0.39 is 0 Å². The van der Waals surface area contributed by atoms with E-state index in [1.165, 1.54) is 0 Å². The van der Waals surface area contributed by atoms with Gasteiger partial charge in [-0.05, 0) is 50.1 Å². The van der Waals surface area contributed by atoms with Gasteiger partial charge in [-0.2, -0.15) is 5.10 Å². The Kier molecular flexibility index (Phi) is 6.38. The average Bonchev–Trinajstić information content (AvgIpc) is 3.29. The maximum atomic E-state index is 12.8. The van der Waals surface area contributed by atoms with Crippen LogP contribution in [0.25, 0.3) is 16.6 Å². The molecule has 178 valence electrons. The molecule has 1 fully saturated rings. The van der Waals surface area contributed by atoms with Crippen LogP contribution < -0.4 is 16.0 Å². The van der Waals surface area contributed by atoms with Gasteiger partial charge in [0.15, 0.2) is 0 Å². The van der Waals surface area contributed by atoms with Gasteiger partial charge in [0.25, 0.3) is 5.91 Å². The summed E-state index contributed by atoms with van der Waals surface area (Å²) in [5.41, 5.74) is 3.24. The molecule has 0 unspecified atom stereocenters. The molecule has 1 aliphatic rings. The molecule has 1 aliphatic carbocycles. The van der Waals surface area contributed by atoms with Crippen LogP contribution in [0.2, 0.25) is 0 Å². The predicted octanol–water partition coefficient (Wildman–Crippen LogP) is 3.99. The number of carbonyl (C=O) groups excluding carboxylic acids is 2. The first kappa shape index (κ1) is 22.5. The number of pyridine rings is 2. The van der Waals surface area contributed by atoms with Crippen molar-refractivity contribution in [3.63, 3.8) is 0 Å². The SMILES string of the molecule is Cc1cc(-n2ncc3cc(NC(=O)N[C@H]4CCCC[C@@H]4NC(=O)c4ccccc4)ncc32)ccn1. The van der Waals surface area contributed by atoms with Gasteiger partial charge in [0.2, 0.25) is 0 Å². The highest BCUT2D eigenvalue weighted by molar-refractivity contribution is 5.94. The van der Waals surface area contributed by atoms with E-state index >= 15 is 0 Å². The minimum Gasteiger partial charge on any atom is -0.347 e. The molecule has 9 nitrogen and oxygen atoms in total. The lowest BCUT2D eigenvalue weighted by atomic mass is 9.90. The molecule has 0 aliphatic heterocycles. The number of amides is 3. The Morgan fingerprint density at radius 2 is 1.71 bits per heavy atom. The van der Waals surface area contributed by atoms with Gasteiger partial charge < -0.3 is 10.6 Å². The van der Waals surface area contributed by atoms with Crippen molar-refractivity contribution in [2.75, 3.05) is 5.32 Å². The summed E-state index contributed by atoms with van der Waals surface area (Å²) >= 11 is 0. The summed E-state index contributed by atoms with van der Waals surface area (Å²) in [5.74, 6) is 0.305. The van der Waals surface area contributed by atoms with Crippen LogP contribution in [0.15, 0.2) is 67.1 Å². The Labute approximate surface area is 203 Å². The summed E-state index contributed by atoms with van der Waals surface area (Å²) in [7, 11) is 0. The van der Waals surface area contributed by atoms with Gasteiger partial charge in [-0.1, -0.05) is 31.0 Å². The van der Waals surface area contributed by atoms with Crippen molar-refractivity contribution in [2.45, 2.75) is 44.7 Å². The van der Waals surface area contributed by atoms with Crippen molar-refractivity contribution in [2.24, 2.45) is 0 Å². The summed E-state index contributed by atoms with van der Waals surface area (Å²) in [4.78, 5) is 34.0. The number of aromatic nitrogens is 4. The first-order valence-corrected chi connectivity index (χ1v) is 11.8. The highest BCUT2D eigenvalue weighted by atomic mass is 16.2. The molecular formula is C26H27N7O2. The molecule has 1 aromatic carbocycles. The number of benzene rings is 1. The van der Waals surface area contributed by atoms with Gasteiger partial charge >= 0.3 is 6.03 Å². The normalized spacial score (nSPS) is 17.6. The smallest absolute Gasteiger partial charge is 0.320 e. The Hall–Kier alpha value is -4.27. The third-order valence-corrected chi connectivity index (χ3v) is 6.26. The Bertz CT molecular complexity index is 1350. The zero-order valence-electron chi connectivity index (χ0n) is 19.4. The van der Waals surface area contributed by atoms with Crippen molar-refractivity contribution < 1.29 is 9.59 Å². The van der Waals surface area contributed by atoms with Crippen LogP contribution in [0, 0.1) is 6.92 Å². The molecule has 1 saturated carbocycles. The van der Waals surface area contributed by atoms with E-state index in [4.69, 9.17) is 0 Å². The van der Waals surface area contributed by atoms with Gasteiger partial charge in [-0.15, -0.1) is 0 Å². The van der Waals surface area contributed by atoms with Gasteiger partial charge in [-0.25, -0.2) is 14.5 Å². The fraction of sp³-hybridized carbons (Fsp3) is 0.269. The maximum absolute atomic E-state index is 12.8. The number of carbonyl (C=O) groups is 2. The van der Waals surface area contributed by atoms with Gasteiger partial charge in [0.05, 0.1) is 29.6 Å². The highest BCUT2D eigenvalue weighted by Gasteiger charge is 2.28. The molecule has 9 heteroatoms. The number of nitrogens with zero attached hydrogens (tertiary/aromatic N) is 4. The van der Waals surface area contributed by atoms with Gasteiger partial charge in [0.1, 0.15) is 5.82 Å². The van der Waals surface area contributed by atoms with Crippen LogP contribution in [-0.2, 0) is 0 Å². The molecular weight excluding hydrogens is 442 g/mol. The molecule has 4 aromatic rings. The lowest BCUT2D eigenvalue weighted by Crippen LogP contribution is -2.54. The molecule has 3 N–H and O–H groups in total. The van der Waals surface area contributed by atoms with Crippen molar-refractivity contribution in [3.8, 4) is 5.69 Å². The molecule has 0 saturated heterocycles. The fourth-order valence-electron chi connectivity index (χ4n) is 4.50. The van der Waals surface area contributed by atoms with Crippen molar-refractivity contribution >= 4 is 28.7 Å². The van der Waals surface area contributed by atoms with E-state index in [2.05, 4.69) is 31.0 Å². The minimum absolute atomic E-state index is 0.125. The summed E-state index contributed by atoms with van der Waals surface area (Å²) in [6.07, 6.45) is 8.81. The number of hydrogen-bond donors (Lipinski definition) is 3. The Balaban J connectivity index is 1.25. The van der Waals surface area contributed by atoms with Crippen LogP contribution >= 0.6 is 0 Å². The van der Waals surface area contributed by atoms with Crippen LogP contribution in [0.4, 0.5) is 10.6 Å². The summed E-state index contributed by atoms with van der Waals surface area (Å²) in [5, 5.41) is 14.3. The topological polar surface area (TPSA) is 114 Å². The molecule has 35 heavy (non-hydrogen) atoms. The summed E-state index contributed by atoms with van der Waals surface area (Å²) in [6.45, 7) is 1.93. The molecule has 2 atom stereocenters. The van der Waals surface area contributed by atoms with E-state index in [1.54, 1.807) is 41.5 Å². The minimum atomic E-state index is -0.347. The highest BCUT2D eigenvalue weighted by Crippen LogP contribution is 2.22. The third-order valence-electron chi connectivity index (χ3n) is 6.26. The molecule has 3 aromatic heterocycles. The van der Waals surface area contributed by atoms with Crippen LogP contribution in [0.3, 0.4) is 0 Å². The molecule has 3 heterocycles. The molecule has 0 spiro atoms. The summed E-state index contributed by atoms with van der Waals surface area (Å²) < 4.78 is 1.79. The molecule has 3 amide bonds.